The molecule has 0 bridgehead atoms. The molecule has 136 valence electrons. The normalized spacial score (nSPS) is 11.2. The van der Waals surface area contributed by atoms with Crippen LogP contribution in [0.1, 0.15) is 40.7 Å². The lowest BCUT2D eigenvalue weighted by Gasteiger charge is -1.98. The number of pyridine rings is 1. The Morgan fingerprint density at radius 3 is 2.70 bits per heavy atom. The van der Waals surface area contributed by atoms with Gasteiger partial charge >= 0.3 is 0 Å². The van der Waals surface area contributed by atoms with Crippen molar-refractivity contribution in [3.8, 4) is 11.3 Å². The Morgan fingerprint density at radius 1 is 1.11 bits per heavy atom. The third kappa shape index (κ3) is 3.67. The summed E-state index contributed by atoms with van der Waals surface area (Å²) in [6, 6.07) is 14.3. The van der Waals surface area contributed by atoms with Gasteiger partial charge in [0, 0.05) is 29.4 Å². The van der Waals surface area contributed by atoms with Gasteiger partial charge in [-0.1, -0.05) is 43.2 Å². The van der Waals surface area contributed by atoms with Crippen molar-refractivity contribution in [2.45, 2.75) is 33.1 Å². The largest absolute Gasteiger partial charge is 0.339 e. The zero-order valence-electron chi connectivity index (χ0n) is 15.5. The third-order valence-corrected chi connectivity index (χ3v) is 4.69. The molecule has 3 aromatic heterocycles. The average Bonchev–Trinajstić information content (AvgIpc) is 3.29. The smallest absolute Gasteiger partial charge is 0.187 e. The van der Waals surface area contributed by atoms with E-state index in [9.17, 15) is 4.79 Å². The van der Waals surface area contributed by atoms with E-state index in [1.54, 1.807) is 6.20 Å². The summed E-state index contributed by atoms with van der Waals surface area (Å²) < 4.78 is 0. The molecule has 0 spiro atoms. The molecule has 0 atom stereocenters. The van der Waals surface area contributed by atoms with Crippen LogP contribution in [0.3, 0.4) is 0 Å². The topological polar surface area (TPSA) is 74.4 Å². The van der Waals surface area contributed by atoms with Crippen molar-refractivity contribution in [2.24, 2.45) is 0 Å². The van der Waals surface area contributed by atoms with Crippen LogP contribution in [-0.2, 0) is 12.8 Å². The highest BCUT2D eigenvalue weighted by Crippen LogP contribution is 2.24. The molecule has 5 nitrogen and oxygen atoms in total. The molecule has 0 aliphatic carbocycles. The number of nitrogens with one attached hydrogen (secondary N) is 2. The summed E-state index contributed by atoms with van der Waals surface area (Å²) in [5.41, 5.74) is 6.59. The van der Waals surface area contributed by atoms with Crippen LogP contribution in [0.2, 0.25) is 0 Å². The first-order valence-corrected chi connectivity index (χ1v) is 9.24. The molecule has 4 rings (SSSR count). The fourth-order valence-corrected chi connectivity index (χ4v) is 3.22. The van der Waals surface area contributed by atoms with E-state index in [1.165, 1.54) is 5.56 Å². The number of H-pyrrole nitrogens is 2. The molecule has 4 aromatic rings. The predicted molar refractivity (Wildman–Crippen MR) is 107 cm³/mol. The van der Waals surface area contributed by atoms with E-state index in [4.69, 9.17) is 0 Å². The number of nitrogens with zero attached hydrogens (tertiary/aromatic N) is 2. The van der Waals surface area contributed by atoms with Crippen LogP contribution in [-0.4, -0.2) is 25.9 Å². The molecule has 0 saturated carbocycles. The lowest BCUT2D eigenvalue weighted by molar-refractivity contribution is 0.0988. The van der Waals surface area contributed by atoms with E-state index >= 15 is 0 Å². The molecule has 0 amide bonds. The quantitative estimate of drug-likeness (QED) is 0.493. The standard InChI is InChI=1S/C22H22N4O/c1-3-4-18-12-20(26-25-18)21(27)10-15-9-17-11-19(24-22(17)23-13-15)16-7-5-14(2)6-8-16/h5-9,11-13H,3-4,10H2,1-2H3,(H,23,24)(H,25,26). The number of carbonyl (C=O) groups excluding carboxylic acids is 1. The Hall–Kier alpha value is -3.21. The first kappa shape index (κ1) is 17.2. The number of aryl methyl sites for hydroxylation is 2. The maximum Gasteiger partial charge on any atom is 0.187 e. The summed E-state index contributed by atoms with van der Waals surface area (Å²) in [6.07, 6.45) is 3.98. The summed E-state index contributed by atoms with van der Waals surface area (Å²) >= 11 is 0. The van der Waals surface area contributed by atoms with Gasteiger partial charge in [0.1, 0.15) is 11.3 Å². The summed E-state index contributed by atoms with van der Waals surface area (Å²) in [7, 11) is 0. The van der Waals surface area contributed by atoms with Gasteiger partial charge in [0.15, 0.2) is 5.78 Å². The van der Waals surface area contributed by atoms with E-state index in [1.807, 2.05) is 12.1 Å². The van der Waals surface area contributed by atoms with Crippen LogP contribution >= 0.6 is 0 Å². The molecule has 0 aliphatic heterocycles. The Bertz CT molecular complexity index is 1090. The van der Waals surface area contributed by atoms with Crippen molar-refractivity contribution in [3.63, 3.8) is 0 Å². The van der Waals surface area contributed by atoms with Crippen LogP contribution in [0.15, 0.2) is 48.7 Å². The van der Waals surface area contributed by atoms with Gasteiger partial charge in [-0.25, -0.2) is 4.98 Å². The minimum absolute atomic E-state index is 0.00375. The van der Waals surface area contributed by atoms with Crippen molar-refractivity contribution in [2.75, 3.05) is 0 Å². The van der Waals surface area contributed by atoms with E-state index in [2.05, 4.69) is 64.3 Å². The lowest BCUT2D eigenvalue weighted by Crippen LogP contribution is -2.04. The fourth-order valence-electron chi connectivity index (χ4n) is 3.22. The molecular formula is C22H22N4O. The first-order valence-electron chi connectivity index (χ1n) is 9.24. The van der Waals surface area contributed by atoms with Crippen LogP contribution in [0.25, 0.3) is 22.3 Å². The molecule has 0 radical (unpaired) electrons. The zero-order chi connectivity index (χ0) is 18.8. The molecule has 0 aliphatic rings. The molecule has 1 aromatic carbocycles. The van der Waals surface area contributed by atoms with Gasteiger partial charge in [-0.2, -0.15) is 5.10 Å². The van der Waals surface area contributed by atoms with E-state index in [0.717, 1.165) is 46.4 Å². The van der Waals surface area contributed by atoms with Gasteiger partial charge in [-0.3, -0.25) is 9.89 Å². The van der Waals surface area contributed by atoms with Crippen molar-refractivity contribution in [1.82, 2.24) is 20.2 Å². The van der Waals surface area contributed by atoms with E-state index in [-0.39, 0.29) is 5.78 Å². The Labute approximate surface area is 157 Å². The van der Waals surface area contributed by atoms with Crippen molar-refractivity contribution < 1.29 is 4.79 Å². The Kier molecular flexibility index (Phi) is 4.59. The Morgan fingerprint density at radius 2 is 1.93 bits per heavy atom. The zero-order valence-corrected chi connectivity index (χ0v) is 15.5. The van der Waals surface area contributed by atoms with Gasteiger partial charge in [-0.05, 0) is 42.7 Å². The van der Waals surface area contributed by atoms with Crippen LogP contribution in [0, 0.1) is 6.92 Å². The van der Waals surface area contributed by atoms with Crippen LogP contribution < -0.4 is 0 Å². The second-order valence-corrected chi connectivity index (χ2v) is 6.96. The SMILES string of the molecule is CCCc1cc(C(=O)Cc2cnc3[nH]c(-c4ccc(C)cc4)cc3c2)n[nH]1. The number of hydrogen-bond donors (Lipinski definition) is 2. The highest BCUT2D eigenvalue weighted by atomic mass is 16.1. The highest BCUT2D eigenvalue weighted by Gasteiger charge is 2.13. The van der Waals surface area contributed by atoms with Crippen molar-refractivity contribution in [3.05, 3.63) is 71.2 Å². The van der Waals surface area contributed by atoms with E-state index in [0.29, 0.717) is 12.1 Å². The second-order valence-electron chi connectivity index (χ2n) is 6.96. The molecule has 0 saturated heterocycles. The van der Waals surface area contributed by atoms with Gasteiger partial charge in [-0.15, -0.1) is 0 Å². The number of hydrogen-bond acceptors (Lipinski definition) is 3. The number of ketones is 1. The number of benzene rings is 1. The monoisotopic (exact) mass is 358 g/mol. The number of carbonyl (C=O) groups is 1. The molecule has 3 heterocycles. The summed E-state index contributed by atoms with van der Waals surface area (Å²) in [6.45, 7) is 4.18. The highest BCUT2D eigenvalue weighted by molar-refractivity contribution is 5.96. The first-order chi connectivity index (χ1) is 13.1. The molecule has 27 heavy (non-hydrogen) atoms. The second kappa shape index (κ2) is 7.19. The van der Waals surface area contributed by atoms with Gasteiger partial charge in [0.2, 0.25) is 0 Å². The number of Topliss-reactive ketones (excluding diaryl/α,β-unsaturated/α-hetero) is 1. The Balaban J connectivity index is 1.55. The number of aromatic amines is 2. The molecule has 0 unspecified atom stereocenters. The fraction of sp³-hybridized carbons (Fsp3) is 0.227. The number of rotatable bonds is 6. The predicted octanol–water partition coefficient (Wildman–Crippen LogP) is 4.64. The van der Waals surface area contributed by atoms with Crippen LogP contribution in [0.5, 0.6) is 0 Å². The minimum atomic E-state index is 0.00375. The van der Waals surface area contributed by atoms with Crippen LogP contribution in [0.4, 0.5) is 0 Å². The average molecular weight is 358 g/mol. The van der Waals surface area contributed by atoms with Crippen molar-refractivity contribution in [1.29, 1.82) is 0 Å². The molecule has 5 heteroatoms. The summed E-state index contributed by atoms with van der Waals surface area (Å²) in [5.74, 6) is 0.00375. The number of aromatic nitrogens is 4. The minimum Gasteiger partial charge on any atom is -0.339 e. The van der Waals surface area contributed by atoms with Gasteiger partial charge in [0.25, 0.3) is 0 Å². The van der Waals surface area contributed by atoms with E-state index < -0.39 is 0 Å². The number of fused-ring (bicyclic) bond motifs is 1. The molecule has 2 N–H and O–H groups in total. The van der Waals surface area contributed by atoms with Gasteiger partial charge in [0.05, 0.1) is 0 Å². The van der Waals surface area contributed by atoms with Crippen molar-refractivity contribution >= 4 is 16.8 Å². The maximum atomic E-state index is 12.5. The summed E-state index contributed by atoms with van der Waals surface area (Å²) in [5, 5.41) is 8.08. The molecular weight excluding hydrogens is 336 g/mol. The molecule has 0 fully saturated rings. The maximum absolute atomic E-state index is 12.5. The lowest BCUT2D eigenvalue weighted by atomic mass is 10.1. The third-order valence-electron chi connectivity index (χ3n) is 4.69. The summed E-state index contributed by atoms with van der Waals surface area (Å²) in [4.78, 5) is 20.3. The van der Waals surface area contributed by atoms with Gasteiger partial charge < -0.3 is 4.98 Å².